The first-order chi connectivity index (χ1) is 9.50. The van der Waals surface area contributed by atoms with Crippen LogP contribution in [-0.2, 0) is 25.5 Å². The van der Waals surface area contributed by atoms with Crippen LogP contribution < -0.4 is 0 Å². The number of carbonyl (C=O) groups excluding carboxylic acids is 2. The Kier molecular flexibility index (Phi) is 6.13. The summed E-state index contributed by atoms with van der Waals surface area (Å²) in [5.74, 6) is -1.04. The van der Waals surface area contributed by atoms with Gasteiger partial charge in [-0.3, -0.25) is 9.59 Å². The van der Waals surface area contributed by atoms with Crippen LogP contribution in [0.3, 0.4) is 0 Å². The molecule has 1 aromatic rings. The van der Waals surface area contributed by atoms with Gasteiger partial charge in [-0.1, -0.05) is 6.92 Å². The van der Waals surface area contributed by atoms with Crippen molar-refractivity contribution in [2.75, 3.05) is 13.2 Å². The number of thiazole rings is 1. The van der Waals surface area contributed by atoms with Gasteiger partial charge in [0.05, 0.1) is 18.2 Å². The molecule has 0 bridgehead atoms. The van der Waals surface area contributed by atoms with Gasteiger partial charge in [0.15, 0.2) is 5.41 Å². The highest BCUT2D eigenvalue weighted by atomic mass is 32.1. The number of rotatable bonds is 7. The largest absolute Gasteiger partial charge is 0.465 e. The van der Waals surface area contributed by atoms with E-state index in [2.05, 4.69) is 4.98 Å². The summed E-state index contributed by atoms with van der Waals surface area (Å²) in [6, 6.07) is 0. The summed E-state index contributed by atoms with van der Waals surface area (Å²) in [7, 11) is 0. The molecular weight excluding hydrogens is 278 g/mol. The van der Waals surface area contributed by atoms with E-state index in [1.165, 1.54) is 11.3 Å². The summed E-state index contributed by atoms with van der Waals surface area (Å²) >= 11 is 1.47. The van der Waals surface area contributed by atoms with Crippen LogP contribution in [0.5, 0.6) is 0 Å². The molecule has 0 atom stereocenters. The van der Waals surface area contributed by atoms with Crippen LogP contribution in [0.4, 0.5) is 0 Å². The molecule has 1 aromatic heterocycles. The van der Waals surface area contributed by atoms with Crippen molar-refractivity contribution < 1.29 is 19.1 Å². The SMILES string of the molecule is CCOC(=O)C(CC)(Cc1cnc(C)s1)C(=O)OCC. The Hall–Kier alpha value is -1.43. The van der Waals surface area contributed by atoms with Crippen molar-refractivity contribution in [3.05, 3.63) is 16.1 Å². The van der Waals surface area contributed by atoms with Crippen LogP contribution in [0.15, 0.2) is 6.20 Å². The molecule has 1 heterocycles. The van der Waals surface area contributed by atoms with Gasteiger partial charge in [0.1, 0.15) is 0 Å². The van der Waals surface area contributed by atoms with E-state index in [4.69, 9.17) is 9.47 Å². The molecule has 0 aliphatic heterocycles. The Morgan fingerprint density at radius 1 is 1.20 bits per heavy atom. The third-order valence-corrected chi connectivity index (χ3v) is 3.99. The van der Waals surface area contributed by atoms with E-state index >= 15 is 0 Å². The highest BCUT2D eigenvalue weighted by Crippen LogP contribution is 2.32. The van der Waals surface area contributed by atoms with Crippen molar-refractivity contribution in [1.29, 1.82) is 0 Å². The highest BCUT2D eigenvalue weighted by molar-refractivity contribution is 7.11. The predicted molar refractivity (Wildman–Crippen MR) is 76.5 cm³/mol. The van der Waals surface area contributed by atoms with Gasteiger partial charge in [0.25, 0.3) is 0 Å². The fraction of sp³-hybridized carbons (Fsp3) is 0.643. The van der Waals surface area contributed by atoms with Crippen molar-refractivity contribution in [2.45, 2.75) is 40.5 Å². The number of hydrogen-bond donors (Lipinski definition) is 0. The van der Waals surface area contributed by atoms with Gasteiger partial charge in [-0.05, 0) is 27.2 Å². The predicted octanol–water partition coefficient (Wildman–Crippen LogP) is 2.52. The zero-order valence-electron chi connectivity index (χ0n) is 12.4. The topological polar surface area (TPSA) is 65.5 Å². The minimum Gasteiger partial charge on any atom is -0.465 e. The minimum atomic E-state index is -1.27. The smallest absolute Gasteiger partial charge is 0.323 e. The quantitative estimate of drug-likeness (QED) is 0.572. The standard InChI is InChI=1S/C14H21NO4S/c1-5-14(12(16)18-6-2,13(17)19-7-3)8-11-9-15-10(4)20-11/h9H,5-8H2,1-4H3. The minimum absolute atomic E-state index is 0.238. The Labute approximate surface area is 123 Å². The third kappa shape index (κ3) is 3.56. The second-order valence-corrected chi connectivity index (χ2v) is 5.72. The van der Waals surface area contributed by atoms with Crippen LogP contribution in [0, 0.1) is 12.3 Å². The molecule has 0 fully saturated rings. The molecule has 112 valence electrons. The van der Waals surface area contributed by atoms with Crippen LogP contribution in [-0.4, -0.2) is 30.1 Å². The van der Waals surface area contributed by atoms with Crippen LogP contribution in [0.2, 0.25) is 0 Å². The lowest BCUT2D eigenvalue weighted by atomic mass is 9.81. The van der Waals surface area contributed by atoms with Gasteiger partial charge in [-0.2, -0.15) is 0 Å². The monoisotopic (exact) mass is 299 g/mol. The zero-order valence-corrected chi connectivity index (χ0v) is 13.2. The summed E-state index contributed by atoms with van der Waals surface area (Å²) in [5, 5.41) is 0.901. The normalized spacial score (nSPS) is 11.2. The lowest BCUT2D eigenvalue weighted by molar-refractivity contribution is -0.172. The molecule has 0 unspecified atom stereocenters. The molecule has 6 heteroatoms. The Morgan fingerprint density at radius 3 is 2.10 bits per heavy atom. The molecule has 0 amide bonds. The van der Waals surface area contributed by atoms with Crippen molar-refractivity contribution in [3.8, 4) is 0 Å². The van der Waals surface area contributed by atoms with Crippen molar-refractivity contribution in [3.63, 3.8) is 0 Å². The van der Waals surface area contributed by atoms with E-state index < -0.39 is 17.4 Å². The second kappa shape index (κ2) is 7.38. The number of aromatic nitrogens is 1. The molecule has 0 N–H and O–H groups in total. The van der Waals surface area contributed by atoms with E-state index in [1.54, 1.807) is 27.0 Å². The maximum Gasteiger partial charge on any atom is 0.323 e. The summed E-state index contributed by atoms with van der Waals surface area (Å²) in [4.78, 5) is 29.6. The third-order valence-electron chi connectivity index (χ3n) is 3.08. The van der Waals surface area contributed by atoms with Gasteiger partial charge in [0, 0.05) is 17.5 Å². The lowest BCUT2D eigenvalue weighted by Crippen LogP contribution is -2.43. The van der Waals surface area contributed by atoms with Crippen LogP contribution in [0.25, 0.3) is 0 Å². The van der Waals surface area contributed by atoms with E-state index in [1.807, 2.05) is 6.92 Å². The van der Waals surface area contributed by atoms with Gasteiger partial charge in [0.2, 0.25) is 0 Å². The van der Waals surface area contributed by atoms with E-state index in [0.29, 0.717) is 6.42 Å². The van der Waals surface area contributed by atoms with Gasteiger partial charge >= 0.3 is 11.9 Å². The Balaban J connectivity index is 3.09. The van der Waals surface area contributed by atoms with Gasteiger partial charge in [-0.25, -0.2) is 4.98 Å². The molecule has 0 saturated carbocycles. The molecule has 0 aliphatic carbocycles. The van der Waals surface area contributed by atoms with Crippen LogP contribution >= 0.6 is 11.3 Å². The molecular formula is C14H21NO4S. The molecule has 5 nitrogen and oxygen atoms in total. The summed E-state index contributed by atoms with van der Waals surface area (Å²) in [6.07, 6.45) is 2.30. The number of aryl methyl sites for hydroxylation is 1. The summed E-state index contributed by atoms with van der Waals surface area (Å²) < 4.78 is 10.2. The molecule has 0 aliphatic rings. The van der Waals surface area contributed by atoms with Crippen molar-refractivity contribution in [1.82, 2.24) is 4.98 Å². The number of ether oxygens (including phenoxy) is 2. The van der Waals surface area contributed by atoms with Crippen LogP contribution in [0.1, 0.15) is 37.1 Å². The zero-order chi connectivity index (χ0) is 15.2. The number of hydrogen-bond acceptors (Lipinski definition) is 6. The second-order valence-electron chi connectivity index (χ2n) is 4.40. The average Bonchev–Trinajstić information content (AvgIpc) is 2.81. The van der Waals surface area contributed by atoms with Crippen molar-refractivity contribution >= 4 is 23.3 Å². The fourth-order valence-electron chi connectivity index (χ4n) is 1.96. The lowest BCUT2D eigenvalue weighted by Gasteiger charge is -2.27. The first kappa shape index (κ1) is 16.6. The van der Waals surface area contributed by atoms with E-state index in [-0.39, 0.29) is 19.6 Å². The number of esters is 2. The molecule has 20 heavy (non-hydrogen) atoms. The number of carbonyl (C=O) groups is 2. The molecule has 0 radical (unpaired) electrons. The maximum absolute atomic E-state index is 12.3. The van der Waals surface area contributed by atoms with Crippen molar-refractivity contribution in [2.24, 2.45) is 5.41 Å². The maximum atomic E-state index is 12.3. The van der Waals surface area contributed by atoms with E-state index in [9.17, 15) is 9.59 Å². The Bertz CT molecular complexity index is 451. The number of nitrogens with zero attached hydrogens (tertiary/aromatic N) is 1. The highest BCUT2D eigenvalue weighted by Gasteiger charge is 2.47. The first-order valence-electron chi connectivity index (χ1n) is 6.75. The summed E-state index contributed by atoms with van der Waals surface area (Å²) in [6.45, 7) is 7.60. The average molecular weight is 299 g/mol. The van der Waals surface area contributed by atoms with E-state index in [0.717, 1.165) is 9.88 Å². The first-order valence-corrected chi connectivity index (χ1v) is 7.57. The molecule has 0 aromatic carbocycles. The van der Waals surface area contributed by atoms with Gasteiger partial charge < -0.3 is 9.47 Å². The molecule has 0 spiro atoms. The van der Waals surface area contributed by atoms with Gasteiger partial charge in [-0.15, -0.1) is 11.3 Å². The molecule has 1 rings (SSSR count). The Morgan fingerprint density at radius 2 is 1.75 bits per heavy atom. The fourth-order valence-corrected chi connectivity index (χ4v) is 2.87. The summed E-state index contributed by atoms with van der Waals surface area (Å²) in [5.41, 5.74) is -1.27. The molecule has 0 saturated heterocycles.